The third-order valence-corrected chi connectivity index (χ3v) is 6.56. The molecule has 1 amide bonds. The quantitative estimate of drug-likeness (QED) is 0.661. The molecular weight excluding hydrogens is 230 g/mol. The summed E-state index contributed by atoms with van der Waals surface area (Å²) in [5.41, 5.74) is 0. The summed E-state index contributed by atoms with van der Waals surface area (Å²) < 4.78 is 0. The smallest absolute Gasteiger partial charge is 0.220 e. The van der Waals surface area contributed by atoms with Crippen LogP contribution in [0.25, 0.3) is 0 Å². The Balaban J connectivity index is 1.85. The van der Waals surface area contributed by atoms with Crippen molar-refractivity contribution in [2.75, 3.05) is 0 Å². The van der Waals surface area contributed by atoms with Gasteiger partial charge in [0.25, 0.3) is 0 Å². The Morgan fingerprint density at radius 3 is 1.88 bits per heavy atom. The predicted molar refractivity (Wildman–Crippen MR) is 72.2 cm³/mol. The number of nitrogens with zero attached hydrogens (tertiary/aromatic N) is 1. The van der Waals surface area contributed by atoms with Crippen molar-refractivity contribution in [1.82, 2.24) is 4.90 Å². The molecule has 0 radical (unpaired) electrons. The van der Waals surface area contributed by atoms with Crippen molar-refractivity contribution < 1.29 is 4.79 Å². The minimum absolute atomic E-state index is 0.332. The van der Waals surface area contributed by atoms with Gasteiger partial charge >= 0.3 is 0 Å². The maximum atomic E-state index is 12.0. The standard InChI is InChI=1S/C14H23NOS/c1-10(16)15-11-6-2-4-8-13(11)17-14-9-5-3-7-12(14)15/h11-14H,2-9H2,1H3/t11-,12-,13-,14-/m0/s1. The van der Waals surface area contributed by atoms with Gasteiger partial charge in [0.05, 0.1) is 0 Å². The van der Waals surface area contributed by atoms with E-state index in [9.17, 15) is 4.79 Å². The molecule has 1 saturated heterocycles. The molecule has 0 N–H and O–H groups in total. The third kappa shape index (κ3) is 2.11. The van der Waals surface area contributed by atoms with Gasteiger partial charge in [0.1, 0.15) is 0 Å². The number of rotatable bonds is 0. The van der Waals surface area contributed by atoms with Crippen molar-refractivity contribution in [2.24, 2.45) is 0 Å². The molecule has 0 bridgehead atoms. The van der Waals surface area contributed by atoms with Crippen LogP contribution < -0.4 is 0 Å². The lowest BCUT2D eigenvalue weighted by Crippen LogP contribution is -2.60. The van der Waals surface area contributed by atoms with Gasteiger partial charge in [0.15, 0.2) is 0 Å². The van der Waals surface area contributed by atoms with Crippen molar-refractivity contribution in [3.05, 3.63) is 0 Å². The molecule has 1 aliphatic heterocycles. The molecule has 0 unspecified atom stereocenters. The fourth-order valence-electron chi connectivity index (χ4n) is 4.05. The second-order valence-corrected chi connectivity index (χ2v) is 7.33. The van der Waals surface area contributed by atoms with E-state index in [1.807, 2.05) is 0 Å². The van der Waals surface area contributed by atoms with E-state index in [-0.39, 0.29) is 0 Å². The Morgan fingerprint density at radius 1 is 0.941 bits per heavy atom. The summed E-state index contributed by atoms with van der Waals surface area (Å²) in [4.78, 5) is 14.3. The van der Waals surface area contributed by atoms with E-state index in [0.717, 1.165) is 10.5 Å². The molecule has 3 fully saturated rings. The molecular formula is C14H23NOS. The van der Waals surface area contributed by atoms with Crippen LogP contribution in [0.5, 0.6) is 0 Å². The van der Waals surface area contributed by atoms with Gasteiger partial charge in [0, 0.05) is 29.5 Å². The molecule has 0 aromatic rings. The largest absolute Gasteiger partial charge is 0.335 e. The number of thioether (sulfide) groups is 1. The summed E-state index contributed by atoms with van der Waals surface area (Å²) in [5, 5.41) is 1.49. The molecule has 2 nitrogen and oxygen atoms in total. The fraction of sp³-hybridized carbons (Fsp3) is 0.929. The molecule has 3 rings (SSSR count). The van der Waals surface area contributed by atoms with Crippen molar-refractivity contribution in [3.63, 3.8) is 0 Å². The van der Waals surface area contributed by atoms with E-state index >= 15 is 0 Å². The van der Waals surface area contributed by atoms with Gasteiger partial charge in [-0.3, -0.25) is 4.79 Å². The van der Waals surface area contributed by atoms with E-state index in [1.165, 1.54) is 51.4 Å². The van der Waals surface area contributed by atoms with Gasteiger partial charge < -0.3 is 4.90 Å². The van der Waals surface area contributed by atoms with Crippen LogP contribution in [0.4, 0.5) is 0 Å². The van der Waals surface area contributed by atoms with E-state index < -0.39 is 0 Å². The maximum absolute atomic E-state index is 12.0. The molecule has 1 heterocycles. The molecule has 2 saturated carbocycles. The van der Waals surface area contributed by atoms with Gasteiger partial charge in [-0.25, -0.2) is 0 Å². The average molecular weight is 253 g/mol. The van der Waals surface area contributed by atoms with Crippen LogP contribution in [0.3, 0.4) is 0 Å². The first-order valence-corrected chi connectivity index (χ1v) is 8.16. The van der Waals surface area contributed by atoms with E-state index in [2.05, 4.69) is 16.7 Å². The fourth-order valence-corrected chi connectivity index (χ4v) is 6.00. The second kappa shape index (κ2) is 4.83. The summed E-state index contributed by atoms with van der Waals surface area (Å²) in [5.74, 6) is 0.332. The molecule has 96 valence electrons. The van der Waals surface area contributed by atoms with Crippen LogP contribution in [0, 0.1) is 0 Å². The number of hydrogen-bond acceptors (Lipinski definition) is 2. The van der Waals surface area contributed by atoms with Gasteiger partial charge in [0.2, 0.25) is 5.91 Å². The molecule has 4 atom stereocenters. The predicted octanol–water partition coefficient (Wildman–Crippen LogP) is 3.20. The van der Waals surface area contributed by atoms with E-state index in [4.69, 9.17) is 0 Å². The highest BCUT2D eigenvalue weighted by molar-refractivity contribution is 8.00. The van der Waals surface area contributed by atoms with Crippen molar-refractivity contribution in [3.8, 4) is 0 Å². The maximum Gasteiger partial charge on any atom is 0.220 e. The van der Waals surface area contributed by atoms with Crippen LogP contribution in [0.2, 0.25) is 0 Å². The SMILES string of the molecule is CC(=O)N1[C@H]2CCCC[C@@H]2S[C@H]2CCCC[C@@H]21. The van der Waals surface area contributed by atoms with Crippen molar-refractivity contribution in [2.45, 2.75) is 80.9 Å². The number of carbonyl (C=O) groups excluding carboxylic acids is 1. The first-order valence-electron chi connectivity index (χ1n) is 7.22. The number of hydrogen-bond donors (Lipinski definition) is 0. The minimum atomic E-state index is 0.332. The molecule has 3 aliphatic rings. The Morgan fingerprint density at radius 2 is 1.41 bits per heavy atom. The van der Waals surface area contributed by atoms with Crippen molar-refractivity contribution >= 4 is 17.7 Å². The minimum Gasteiger partial charge on any atom is -0.335 e. The third-order valence-electron chi connectivity index (χ3n) is 4.76. The van der Waals surface area contributed by atoms with Gasteiger partial charge in [-0.2, -0.15) is 11.8 Å². The van der Waals surface area contributed by atoms with E-state index in [0.29, 0.717) is 18.0 Å². The monoisotopic (exact) mass is 253 g/mol. The lowest BCUT2D eigenvalue weighted by molar-refractivity contribution is -0.135. The lowest BCUT2D eigenvalue weighted by atomic mass is 9.87. The molecule has 0 aromatic carbocycles. The van der Waals surface area contributed by atoms with Crippen LogP contribution in [-0.4, -0.2) is 33.4 Å². The van der Waals surface area contributed by atoms with Crippen LogP contribution >= 0.6 is 11.8 Å². The molecule has 3 heteroatoms. The van der Waals surface area contributed by atoms with Crippen LogP contribution in [-0.2, 0) is 4.79 Å². The second-order valence-electron chi connectivity index (χ2n) is 5.84. The molecule has 0 spiro atoms. The van der Waals surface area contributed by atoms with E-state index in [1.54, 1.807) is 6.92 Å². The highest BCUT2D eigenvalue weighted by atomic mass is 32.2. The number of amides is 1. The summed E-state index contributed by atoms with van der Waals surface area (Å²) in [6.07, 6.45) is 10.6. The Bertz CT molecular complexity index is 285. The van der Waals surface area contributed by atoms with Crippen molar-refractivity contribution in [1.29, 1.82) is 0 Å². The highest BCUT2D eigenvalue weighted by Crippen LogP contribution is 2.46. The zero-order chi connectivity index (χ0) is 11.8. The van der Waals surface area contributed by atoms with Crippen LogP contribution in [0.1, 0.15) is 58.3 Å². The van der Waals surface area contributed by atoms with Gasteiger partial charge in [-0.1, -0.05) is 25.7 Å². The normalized spacial score (nSPS) is 41.6. The average Bonchev–Trinajstić information content (AvgIpc) is 2.35. The van der Waals surface area contributed by atoms with Crippen LogP contribution in [0.15, 0.2) is 0 Å². The zero-order valence-electron chi connectivity index (χ0n) is 10.7. The van der Waals surface area contributed by atoms with Gasteiger partial charge in [-0.05, 0) is 25.7 Å². The topological polar surface area (TPSA) is 20.3 Å². The highest BCUT2D eigenvalue weighted by Gasteiger charge is 2.45. The molecule has 2 aliphatic carbocycles. The first kappa shape index (κ1) is 11.9. The summed E-state index contributed by atoms with van der Waals surface area (Å²) in [7, 11) is 0. The summed E-state index contributed by atoms with van der Waals surface area (Å²) >= 11 is 2.23. The zero-order valence-corrected chi connectivity index (χ0v) is 11.5. The summed E-state index contributed by atoms with van der Waals surface area (Å²) in [6, 6.07) is 1.12. The Hall–Kier alpha value is -0.180. The number of fused-ring (bicyclic) bond motifs is 2. The molecule has 17 heavy (non-hydrogen) atoms. The summed E-state index contributed by atoms with van der Waals surface area (Å²) in [6.45, 7) is 1.79. The Kier molecular flexibility index (Phi) is 3.38. The first-order chi connectivity index (χ1) is 8.27. The number of carbonyl (C=O) groups is 1. The lowest BCUT2D eigenvalue weighted by Gasteiger charge is -2.53. The Labute approximate surface area is 109 Å². The van der Waals surface area contributed by atoms with Gasteiger partial charge in [-0.15, -0.1) is 0 Å². The molecule has 0 aromatic heterocycles.